The Labute approximate surface area is 135 Å². The molecule has 1 fully saturated rings. The van der Waals surface area contributed by atoms with Crippen LogP contribution in [0.3, 0.4) is 0 Å². The molecule has 0 saturated carbocycles. The van der Waals surface area contributed by atoms with E-state index < -0.39 is 21.9 Å². The van der Waals surface area contributed by atoms with Gasteiger partial charge in [-0.2, -0.15) is 8.42 Å². The zero-order chi connectivity index (χ0) is 16.5. The molecular weight excluding hydrogens is 329 g/mol. The van der Waals surface area contributed by atoms with Gasteiger partial charge in [0.1, 0.15) is 0 Å². The first-order chi connectivity index (χ1) is 10.1. The molecule has 4 nitrogen and oxygen atoms in total. The Kier molecular flexibility index (Phi) is 4.82. The smallest absolute Gasteiger partial charge is 0.302 e. The lowest BCUT2D eigenvalue weighted by Crippen LogP contribution is -2.38. The fraction of sp³-hybridized carbons (Fsp3) is 0.533. The average molecular weight is 348 g/mol. The van der Waals surface area contributed by atoms with E-state index in [1.807, 2.05) is 32.0 Å². The highest BCUT2D eigenvalue weighted by molar-refractivity contribution is 7.86. The van der Waals surface area contributed by atoms with Gasteiger partial charge in [-0.1, -0.05) is 37.6 Å². The Hall–Kier alpha value is -1.14. The molecule has 1 unspecified atom stereocenters. The van der Waals surface area contributed by atoms with Gasteiger partial charge >= 0.3 is 10.2 Å². The number of amides is 1. The number of carbonyl (C=O) groups excluding carboxylic acids is 1. The van der Waals surface area contributed by atoms with E-state index in [0.29, 0.717) is 11.6 Å². The molecule has 22 heavy (non-hydrogen) atoms. The van der Waals surface area contributed by atoms with E-state index in [1.165, 1.54) is 0 Å². The molecule has 1 atom stereocenters. The second kappa shape index (κ2) is 6.16. The van der Waals surface area contributed by atoms with Gasteiger partial charge in [-0.25, -0.2) is 0 Å². The molecule has 0 radical (unpaired) electrons. The van der Waals surface area contributed by atoms with Crippen LogP contribution < -0.4 is 0 Å². The lowest BCUT2D eigenvalue weighted by molar-refractivity contribution is -0.128. The maximum absolute atomic E-state index is 12.8. The van der Waals surface area contributed by atoms with Crippen molar-refractivity contribution < 1.29 is 17.1 Å². The van der Waals surface area contributed by atoms with Gasteiger partial charge < -0.3 is 4.90 Å². The third-order valence-corrected chi connectivity index (χ3v) is 5.03. The van der Waals surface area contributed by atoms with Gasteiger partial charge in [-0.15, -0.1) is 3.89 Å². The molecule has 0 bridgehead atoms. The molecule has 1 aliphatic rings. The highest BCUT2D eigenvalue weighted by Crippen LogP contribution is 2.29. The Bertz CT molecular complexity index is 675. The fourth-order valence-corrected chi connectivity index (χ4v) is 3.85. The maximum Gasteiger partial charge on any atom is 0.302 e. The van der Waals surface area contributed by atoms with Crippen molar-refractivity contribution in [3.05, 3.63) is 34.9 Å². The summed E-state index contributed by atoms with van der Waals surface area (Å²) in [6.07, 6.45) is 0.0782. The summed E-state index contributed by atoms with van der Waals surface area (Å²) in [6.45, 7) is 4.69. The van der Waals surface area contributed by atoms with Crippen LogP contribution in [-0.4, -0.2) is 38.1 Å². The molecule has 1 amide bonds. The number of carbonyl (C=O) groups is 1. The second-order valence-corrected chi connectivity index (χ2v) is 8.29. The molecular formula is C15H19ClFNO3S. The minimum absolute atomic E-state index is 0.0782. The quantitative estimate of drug-likeness (QED) is 0.770. The standard InChI is InChI=1S/C15H19ClFNO3S/c1-15(2,12-4-3-5-13(16)7-12)10-18-8-11(6-14(18)19)9-22(17,20)21/h3-5,7,11H,6,8-10H2,1-2H3. The van der Waals surface area contributed by atoms with E-state index >= 15 is 0 Å². The number of halogens is 2. The molecule has 7 heteroatoms. The van der Waals surface area contributed by atoms with E-state index in [-0.39, 0.29) is 24.3 Å². The highest BCUT2D eigenvalue weighted by atomic mass is 35.5. The van der Waals surface area contributed by atoms with Crippen molar-refractivity contribution >= 4 is 27.7 Å². The number of nitrogens with zero attached hydrogens (tertiary/aromatic N) is 1. The lowest BCUT2D eigenvalue weighted by Gasteiger charge is -2.31. The Morgan fingerprint density at radius 3 is 2.68 bits per heavy atom. The van der Waals surface area contributed by atoms with E-state index in [4.69, 9.17) is 11.6 Å². The summed E-state index contributed by atoms with van der Waals surface area (Å²) in [5.74, 6) is -1.20. The number of hydrogen-bond donors (Lipinski definition) is 0. The summed E-state index contributed by atoms with van der Waals surface area (Å²) in [4.78, 5) is 13.6. The van der Waals surface area contributed by atoms with Crippen LogP contribution in [0.25, 0.3) is 0 Å². The van der Waals surface area contributed by atoms with Crippen molar-refractivity contribution in [1.29, 1.82) is 0 Å². The largest absolute Gasteiger partial charge is 0.341 e. The van der Waals surface area contributed by atoms with Crippen LogP contribution in [0.5, 0.6) is 0 Å². The predicted octanol–water partition coefficient (Wildman–Crippen LogP) is 2.77. The molecule has 0 spiro atoms. The molecule has 1 aliphatic heterocycles. The van der Waals surface area contributed by atoms with Crippen LogP contribution in [0.15, 0.2) is 24.3 Å². The first kappa shape index (κ1) is 17.2. The van der Waals surface area contributed by atoms with Crippen LogP contribution in [0.2, 0.25) is 5.02 Å². The van der Waals surface area contributed by atoms with Crippen LogP contribution >= 0.6 is 11.6 Å². The average Bonchev–Trinajstić information content (AvgIpc) is 2.66. The summed E-state index contributed by atoms with van der Waals surface area (Å²) < 4.78 is 34.2. The van der Waals surface area contributed by atoms with Crippen molar-refractivity contribution in [2.24, 2.45) is 5.92 Å². The summed E-state index contributed by atoms with van der Waals surface area (Å²) in [6, 6.07) is 7.43. The van der Waals surface area contributed by atoms with E-state index in [2.05, 4.69) is 0 Å². The second-order valence-electron chi connectivity index (χ2n) is 6.44. The predicted molar refractivity (Wildman–Crippen MR) is 84.1 cm³/mol. The normalized spacial score (nSPS) is 19.7. The summed E-state index contributed by atoms with van der Waals surface area (Å²) in [7, 11) is -4.55. The Morgan fingerprint density at radius 1 is 1.41 bits per heavy atom. The minimum atomic E-state index is -4.55. The number of benzene rings is 1. The summed E-state index contributed by atoms with van der Waals surface area (Å²) >= 11 is 6.00. The Morgan fingerprint density at radius 2 is 2.09 bits per heavy atom. The zero-order valence-electron chi connectivity index (χ0n) is 12.6. The van der Waals surface area contributed by atoms with Gasteiger partial charge in [-0.05, 0) is 17.7 Å². The number of hydrogen-bond acceptors (Lipinski definition) is 3. The van der Waals surface area contributed by atoms with Crippen molar-refractivity contribution in [2.75, 3.05) is 18.8 Å². The summed E-state index contributed by atoms with van der Waals surface area (Å²) in [5, 5.41) is 0.625. The molecule has 2 rings (SSSR count). The molecule has 1 aromatic carbocycles. The first-order valence-electron chi connectivity index (χ1n) is 7.03. The molecule has 0 aromatic heterocycles. The van der Waals surface area contributed by atoms with Crippen molar-refractivity contribution in [3.63, 3.8) is 0 Å². The highest BCUT2D eigenvalue weighted by Gasteiger charge is 2.36. The maximum atomic E-state index is 12.8. The molecule has 1 heterocycles. The van der Waals surface area contributed by atoms with Crippen LogP contribution in [0, 0.1) is 5.92 Å². The first-order valence-corrected chi connectivity index (χ1v) is 8.96. The molecule has 1 aromatic rings. The van der Waals surface area contributed by atoms with Gasteiger partial charge in [0.2, 0.25) is 5.91 Å². The fourth-order valence-electron chi connectivity index (χ4n) is 2.88. The third-order valence-electron chi connectivity index (χ3n) is 3.92. The van der Waals surface area contributed by atoms with Gasteiger partial charge in [-0.3, -0.25) is 4.79 Å². The molecule has 0 aliphatic carbocycles. The monoisotopic (exact) mass is 347 g/mol. The third kappa shape index (κ3) is 4.43. The van der Waals surface area contributed by atoms with Crippen molar-refractivity contribution in [2.45, 2.75) is 25.7 Å². The van der Waals surface area contributed by atoms with Gasteiger partial charge in [0.05, 0.1) is 5.75 Å². The molecule has 0 N–H and O–H groups in total. The summed E-state index contributed by atoms with van der Waals surface area (Å²) in [5.41, 5.74) is 0.665. The van der Waals surface area contributed by atoms with Crippen LogP contribution in [0.1, 0.15) is 25.8 Å². The number of rotatable bonds is 5. The van der Waals surface area contributed by atoms with Gasteiger partial charge in [0.15, 0.2) is 0 Å². The Balaban J connectivity index is 2.08. The van der Waals surface area contributed by atoms with Crippen LogP contribution in [0.4, 0.5) is 3.89 Å². The van der Waals surface area contributed by atoms with E-state index in [0.717, 1.165) is 5.56 Å². The van der Waals surface area contributed by atoms with Gasteiger partial charge in [0.25, 0.3) is 0 Å². The van der Waals surface area contributed by atoms with Gasteiger partial charge in [0, 0.05) is 35.9 Å². The molecule has 122 valence electrons. The SMILES string of the molecule is CC(C)(CN1CC(CS(=O)(=O)F)CC1=O)c1cccc(Cl)c1. The van der Waals surface area contributed by atoms with Crippen molar-refractivity contribution in [1.82, 2.24) is 4.90 Å². The number of likely N-dealkylation sites (tertiary alicyclic amines) is 1. The van der Waals surface area contributed by atoms with E-state index in [9.17, 15) is 17.1 Å². The van der Waals surface area contributed by atoms with E-state index in [1.54, 1.807) is 11.0 Å². The minimum Gasteiger partial charge on any atom is -0.341 e. The van der Waals surface area contributed by atoms with Crippen molar-refractivity contribution in [3.8, 4) is 0 Å². The molecule has 1 saturated heterocycles. The lowest BCUT2D eigenvalue weighted by atomic mass is 9.84. The van der Waals surface area contributed by atoms with Crippen LogP contribution in [-0.2, 0) is 20.4 Å². The zero-order valence-corrected chi connectivity index (χ0v) is 14.1. The topological polar surface area (TPSA) is 54.5 Å².